The summed E-state index contributed by atoms with van der Waals surface area (Å²) >= 11 is 5.93. The summed E-state index contributed by atoms with van der Waals surface area (Å²) in [5.41, 5.74) is 0.598. The van der Waals surface area contributed by atoms with Crippen LogP contribution in [0.2, 0.25) is 5.02 Å². The molecule has 1 saturated carbocycles. The van der Waals surface area contributed by atoms with Crippen LogP contribution in [-0.4, -0.2) is 33.5 Å². The normalized spacial score (nSPS) is 18.8. The largest absolute Gasteiger partial charge is 0.480 e. The Morgan fingerprint density at radius 3 is 1.97 bits per heavy atom. The minimum atomic E-state index is -4.19. The third-order valence-corrected chi connectivity index (χ3v) is 9.77. The van der Waals surface area contributed by atoms with Crippen LogP contribution in [0.25, 0.3) is 11.1 Å². The van der Waals surface area contributed by atoms with E-state index >= 15 is 0 Å². The fraction of sp³-hybridized carbons (Fsp3) is 0.107. The predicted octanol–water partition coefficient (Wildman–Crippen LogP) is 5.10. The summed E-state index contributed by atoms with van der Waals surface area (Å²) < 4.78 is 56.7. The topological polar surface area (TPSA) is 130 Å². The Hall–Kier alpha value is -3.70. The Labute approximate surface area is 231 Å². The van der Waals surface area contributed by atoms with Gasteiger partial charge in [0.15, 0.2) is 0 Å². The van der Waals surface area contributed by atoms with Crippen LogP contribution in [0, 0.1) is 0 Å². The van der Waals surface area contributed by atoms with Crippen molar-refractivity contribution < 1.29 is 26.7 Å². The highest BCUT2D eigenvalue weighted by atomic mass is 35.5. The Morgan fingerprint density at radius 2 is 1.36 bits per heavy atom. The van der Waals surface area contributed by atoms with Crippen molar-refractivity contribution in [2.75, 3.05) is 4.72 Å². The predicted molar refractivity (Wildman–Crippen MR) is 149 cm³/mol. The first-order chi connectivity index (χ1) is 18.5. The number of sulfonamides is 2. The number of hydrogen-bond acceptors (Lipinski definition) is 5. The number of carboxylic acids is 1. The van der Waals surface area contributed by atoms with E-state index in [1.54, 1.807) is 60.7 Å². The van der Waals surface area contributed by atoms with Crippen LogP contribution >= 0.6 is 11.6 Å². The van der Waals surface area contributed by atoms with Gasteiger partial charge in [-0.1, -0.05) is 66.2 Å². The first-order valence-electron chi connectivity index (χ1n) is 11.8. The molecule has 1 fully saturated rings. The maximum atomic E-state index is 13.2. The van der Waals surface area contributed by atoms with Crippen LogP contribution in [0.4, 0.5) is 5.69 Å². The quantitative estimate of drug-likeness (QED) is 0.252. The lowest BCUT2D eigenvalue weighted by molar-refractivity contribution is -0.140. The number of carbonyl (C=O) groups is 1. The first kappa shape index (κ1) is 26.9. The molecule has 39 heavy (non-hydrogen) atoms. The number of benzene rings is 4. The van der Waals surface area contributed by atoms with Gasteiger partial charge in [0.1, 0.15) is 5.54 Å². The van der Waals surface area contributed by atoms with Gasteiger partial charge < -0.3 is 5.11 Å². The Kier molecular flexibility index (Phi) is 6.98. The van der Waals surface area contributed by atoms with E-state index in [0.717, 1.165) is 11.1 Å². The maximum absolute atomic E-state index is 13.2. The lowest BCUT2D eigenvalue weighted by Gasteiger charge is -2.16. The minimum absolute atomic E-state index is 0.0132. The number of anilines is 1. The van der Waals surface area contributed by atoms with Crippen molar-refractivity contribution in [2.45, 2.75) is 27.7 Å². The molecule has 0 saturated heterocycles. The number of aliphatic carboxylic acids is 1. The maximum Gasteiger partial charge on any atom is 0.325 e. The summed E-state index contributed by atoms with van der Waals surface area (Å²) in [6.07, 6.45) is 0.0132. The second-order valence-electron chi connectivity index (χ2n) is 9.21. The summed E-state index contributed by atoms with van der Waals surface area (Å²) in [7, 11) is -8.04. The summed E-state index contributed by atoms with van der Waals surface area (Å²) in [4.78, 5) is 12.3. The van der Waals surface area contributed by atoms with E-state index in [-0.39, 0.29) is 21.9 Å². The summed E-state index contributed by atoms with van der Waals surface area (Å²) in [6, 6.07) is 27.3. The average molecular weight is 583 g/mol. The highest BCUT2D eigenvalue weighted by Gasteiger charge is 2.63. The number of hydrogen-bond donors (Lipinski definition) is 3. The van der Waals surface area contributed by atoms with E-state index in [2.05, 4.69) is 9.44 Å². The third kappa shape index (κ3) is 5.55. The fourth-order valence-corrected chi connectivity index (χ4v) is 7.06. The van der Waals surface area contributed by atoms with Crippen molar-refractivity contribution in [3.8, 4) is 11.1 Å². The molecule has 2 atom stereocenters. The van der Waals surface area contributed by atoms with Crippen LogP contribution in [-0.2, 0) is 24.8 Å². The summed E-state index contributed by atoms with van der Waals surface area (Å²) in [5, 5.41) is 10.6. The fourth-order valence-electron chi connectivity index (χ4n) is 4.46. The van der Waals surface area contributed by atoms with Gasteiger partial charge in [-0.3, -0.25) is 9.52 Å². The lowest BCUT2D eigenvalue weighted by Crippen LogP contribution is -2.44. The van der Waals surface area contributed by atoms with Gasteiger partial charge >= 0.3 is 5.97 Å². The zero-order chi connectivity index (χ0) is 27.8. The van der Waals surface area contributed by atoms with Crippen LogP contribution in [0.3, 0.4) is 0 Å². The monoisotopic (exact) mass is 582 g/mol. The standard InChI is InChI=1S/C28H23ClN2O6S2/c29-22-13-9-19(10-14-22)20-11-15-25(16-12-20)39(36,37)31-28(27(32)33)18-26(28)21-5-4-6-23(17-21)30-38(34,35)24-7-2-1-3-8-24/h1-17,26,30-31H,18H2,(H,32,33). The zero-order valence-electron chi connectivity index (χ0n) is 20.3. The number of halogens is 1. The second kappa shape index (κ2) is 10.1. The number of carboxylic acid groups (broad SMARTS) is 1. The van der Waals surface area contributed by atoms with Crippen molar-refractivity contribution in [1.29, 1.82) is 0 Å². The molecule has 1 aliphatic carbocycles. The zero-order valence-corrected chi connectivity index (χ0v) is 22.7. The first-order valence-corrected chi connectivity index (χ1v) is 15.2. The molecule has 5 rings (SSSR count). The Bertz CT molecular complexity index is 1740. The molecular weight excluding hydrogens is 560 g/mol. The highest BCUT2D eigenvalue weighted by Crippen LogP contribution is 2.53. The highest BCUT2D eigenvalue weighted by molar-refractivity contribution is 7.92. The summed E-state index contributed by atoms with van der Waals surface area (Å²) in [6.45, 7) is 0. The van der Waals surface area contributed by atoms with Crippen molar-refractivity contribution in [3.05, 3.63) is 114 Å². The van der Waals surface area contributed by atoms with Crippen molar-refractivity contribution in [2.24, 2.45) is 0 Å². The molecule has 0 aromatic heterocycles. The molecule has 2 unspecified atom stereocenters. The SMILES string of the molecule is O=C(O)C1(NS(=O)(=O)c2ccc(-c3ccc(Cl)cc3)cc2)CC1c1cccc(NS(=O)(=O)c2ccccc2)c1. The van der Waals surface area contributed by atoms with Gasteiger partial charge in [-0.2, -0.15) is 4.72 Å². The number of rotatable bonds is 9. The van der Waals surface area contributed by atoms with Crippen LogP contribution in [0.5, 0.6) is 0 Å². The van der Waals surface area contributed by atoms with Gasteiger partial charge in [-0.05, 0) is 71.6 Å². The molecule has 11 heteroatoms. The lowest BCUT2D eigenvalue weighted by atomic mass is 10.1. The molecule has 0 radical (unpaired) electrons. The van der Waals surface area contributed by atoms with Gasteiger partial charge in [-0.15, -0.1) is 0 Å². The van der Waals surface area contributed by atoms with Crippen molar-refractivity contribution in [1.82, 2.24) is 4.72 Å². The molecule has 4 aromatic carbocycles. The van der Waals surface area contributed by atoms with Gasteiger partial charge in [0.2, 0.25) is 10.0 Å². The van der Waals surface area contributed by atoms with E-state index < -0.39 is 37.5 Å². The molecule has 200 valence electrons. The molecule has 0 aliphatic heterocycles. The molecule has 4 aromatic rings. The molecular formula is C28H23ClN2O6S2. The van der Waals surface area contributed by atoms with Gasteiger partial charge in [0, 0.05) is 16.6 Å². The van der Waals surface area contributed by atoms with Gasteiger partial charge in [-0.25, -0.2) is 16.8 Å². The molecule has 0 bridgehead atoms. The van der Waals surface area contributed by atoms with E-state index in [0.29, 0.717) is 10.6 Å². The third-order valence-electron chi connectivity index (χ3n) is 6.60. The minimum Gasteiger partial charge on any atom is -0.480 e. The van der Waals surface area contributed by atoms with E-state index in [1.807, 2.05) is 12.1 Å². The van der Waals surface area contributed by atoms with Gasteiger partial charge in [0.05, 0.1) is 9.79 Å². The van der Waals surface area contributed by atoms with E-state index in [4.69, 9.17) is 11.6 Å². The molecule has 0 spiro atoms. The van der Waals surface area contributed by atoms with Crippen LogP contribution in [0.1, 0.15) is 17.9 Å². The number of nitrogens with one attached hydrogen (secondary N) is 2. The molecule has 1 aliphatic rings. The molecule has 3 N–H and O–H groups in total. The van der Waals surface area contributed by atoms with Crippen LogP contribution < -0.4 is 9.44 Å². The van der Waals surface area contributed by atoms with Crippen molar-refractivity contribution >= 4 is 43.3 Å². The van der Waals surface area contributed by atoms with Crippen molar-refractivity contribution in [3.63, 3.8) is 0 Å². The Balaban J connectivity index is 1.36. The second-order valence-corrected chi connectivity index (χ2v) is 13.0. The molecule has 0 heterocycles. The molecule has 0 amide bonds. The van der Waals surface area contributed by atoms with E-state index in [1.165, 1.54) is 30.3 Å². The smallest absolute Gasteiger partial charge is 0.325 e. The average Bonchev–Trinajstić information content (AvgIpc) is 3.64. The van der Waals surface area contributed by atoms with Gasteiger partial charge in [0.25, 0.3) is 10.0 Å². The van der Waals surface area contributed by atoms with Crippen LogP contribution in [0.15, 0.2) is 113 Å². The summed E-state index contributed by atoms with van der Waals surface area (Å²) in [5.74, 6) is -2.01. The van der Waals surface area contributed by atoms with E-state index in [9.17, 15) is 26.7 Å². The molecule has 8 nitrogen and oxygen atoms in total. The Morgan fingerprint density at radius 1 is 0.769 bits per heavy atom.